The summed E-state index contributed by atoms with van der Waals surface area (Å²) < 4.78 is 13.4. The summed E-state index contributed by atoms with van der Waals surface area (Å²) in [6.45, 7) is 1.99. The van der Waals surface area contributed by atoms with E-state index >= 15 is 0 Å². The topological polar surface area (TPSA) is 57.8 Å². The number of fused-ring (bicyclic) bond motifs is 1. The molecule has 0 radical (unpaired) electrons. The normalized spacial score (nSPS) is 10.8. The van der Waals surface area contributed by atoms with Crippen LogP contribution in [-0.2, 0) is 6.54 Å². The zero-order valence-electron chi connectivity index (χ0n) is 11.5. The third-order valence-electron chi connectivity index (χ3n) is 3.37. The molecule has 106 valence electrons. The number of amides is 1. The van der Waals surface area contributed by atoms with Gasteiger partial charge in [-0.2, -0.15) is 0 Å². The van der Waals surface area contributed by atoms with Crippen LogP contribution in [0.3, 0.4) is 0 Å². The van der Waals surface area contributed by atoms with E-state index in [0.717, 1.165) is 16.6 Å². The first kappa shape index (κ1) is 13.3. The maximum atomic E-state index is 13.4. The lowest BCUT2D eigenvalue weighted by molar-refractivity contribution is 0.0951. The van der Waals surface area contributed by atoms with E-state index < -0.39 is 0 Å². The van der Waals surface area contributed by atoms with Gasteiger partial charge in [-0.3, -0.25) is 4.79 Å². The van der Waals surface area contributed by atoms with Crippen LogP contribution in [0.5, 0.6) is 0 Å². The molecule has 4 nitrogen and oxygen atoms in total. The summed E-state index contributed by atoms with van der Waals surface area (Å²) in [4.78, 5) is 19.2. The van der Waals surface area contributed by atoms with E-state index in [1.54, 1.807) is 43.6 Å². The van der Waals surface area contributed by atoms with Crippen LogP contribution in [0, 0.1) is 12.7 Å². The number of aryl methyl sites for hydroxylation is 1. The van der Waals surface area contributed by atoms with Gasteiger partial charge in [0.1, 0.15) is 5.82 Å². The maximum Gasteiger partial charge on any atom is 0.251 e. The van der Waals surface area contributed by atoms with Gasteiger partial charge in [0.2, 0.25) is 0 Å². The van der Waals surface area contributed by atoms with Crippen molar-refractivity contribution in [2.75, 3.05) is 0 Å². The lowest BCUT2D eigenvalue weighted by atomic mass is 10.1. The largest absolute Gasteiger partial charge is 0.348 e. The van der Waals surface area contributed by atoms with Crippen LogP contribution in [0.25, 0.3) is 11.0 Å². The van der Waals surface area contributed by atoms with Crippen molar-refractivity contribution >= 4 is 16.9 Å². The summed E-state index contributed by atoms with van der Waals surface area (Å²) in [5, 5.41) is 2.78. The number of hydrogen-bond acceptors (Lipinski definition) is 2. The van der Waals surface area contributed by atoms with Gasteiger partial charge in [0.15, 0.2) is 0 Å². The van der Waals surface area contributed by atoms with Gasteiger partial charge in [-0.1, -0.05) is 12.1 Å². The van der Waals surface area contributed by atoms with Gasteiger partial charge in [0, 0.05) is 12.1 Å². The predicted octanol–water partition coefficient (Wildman–Crippen LogP) is 2.94. The Balaban J connectivity index is 1.72. The van der Waals surface area contributed by atoms with Crippen LogP contribution >= 0.6 is 0 Å². The van der Waals surface area contributed by atoms with Crippen LogP contribution in [0.15, 0.2) is 42.7 Å². The molecule has 1 heterocycles. The van der Waals surface area contributed by atoms with Crippen molar-refractivity contribution in [2.24, 2.45) is 0 Å². The third-order valence-corrected chi connectivity index (χ3v) is 3.37. The second kappa shape index (κ2) is 5.36. The first-order chi connectivity index (χ1) is 10.1. The monoisotopic (exact) mass is 283 g/mol. The molecule has 0 aliphatic heterocycles. The smallest absolute Gasteiger partial charge is 0.251 e. The summed E-state index contributed by atoms with van der Waals surface area (Å²) in [5.41, 5.74) is 3.49. The number of benzene rings is 2. The minimum atomic E-state index is -0.263. The Morgan fingerprint density at radius 1 is 1.29 bits per heavy atom. The Kier molecular flexibility index (Phi) is 3.39. The number of imidazole rings is 1. The third kappa shape index (κ3) is 2.76. The fourth-order valence-electron chi connectivity index (χ4n) is 2.11. The van der Waals surface area contributed by atoms with Crippen LogP contribution in [0.1, 0.15) is 21.5 Å². The average molecular weight is 283 g/mol. The molecule has 1 aromatic heterocycles. The van der Waals surface area contributed by atoms with Gasteiger partial charge >= 0.3 is 0 Å². The first-order valence-corrected chi connectivity index (χ1v) is 6.60. The summed E-state index contributed by atoms with van der Waals surface area (Å²) in [5.74, 6) is -0.465. The van der Waals surface area contributed by atoms with Crippen LogP contribution < -0.4 is 5.32 Å². The number of nitrogens with one attached hydrogen (secondary N) is 2. The number of aromatic nitrogens is 2. The van der Waals surface area contributed by atoms with Crippen LogP contribution in [-0.4, -0.2) is 15.9 Å². The van der Waals surface area contributed by atoms with Crippen molar-refractivity contribution in [3.8, 4) is 0 Å². The van der Waals surface area contributed by atoms with Gasteiger partial charge in [-0.25, -0.2) is 9.37 Å². The average Bonchev–Trinajstić information content (AvgIpc) is 2.95. The number of carbonyl (C=O) groups excluding carboxylic acids is 1. The Morgan fingerprint density at radius 3 is 2.95 bits per heavy atom. The molecule has 1 amide bonds. The second-order valence-electron chi connectivity index (χ2n) is 4.90. The SMILES string of the molecule is Cc1ccc(CNC(=O)c2ccc3nc[nH]c3c2)cc1F. The van der Waals surface area contributed by atoms with Crippen molar-refractivity contribution in [3.05, 3.63) is 65.2 Å². The maximum absolute atomic E-state index is 13.4. The van der Waals surface area contributed by atoms with Gasteiger partial charge in [-0.15, -0.1) is 0 Å². The van der Waals surface area contributed by atoms with Crippen LogP contribution in [0.2, 0.25) is 0 Å². The van der Waals surface area contributed by atoms with E-state index in [2.05, 4.69) is 15.3 Å². The van der Waals surface area contributed by atoms with Crippen molar-refractivity contribution in [3.63, 3.8) is 0 Å². The molecule has 21 heavy (non-hydrogen) atoms. The van der Waals surface area contributed by atoms with Crippen molar-refractivity contribution < 1.29 is 9.18 Å². The predicted molar refractivity (Wildman–Crippen MR) is 78.4 cm³/mol. The number of halogens is 1. The van der Waals surface area contributed by atoms with Crippen LogP contribution in [0.4, 0.5) is 4.39 Å². The molecule has 2 N–H and O–H groups in total. The van der Waals surface area contributed by atoms with E-state index in [9.17, 15) is 9.18 Å². The standard InChI is InChI=1S/C16H14FN3O/c1-10-2-3-11(6-13(10)17)8-18-16(21)12-4-5-14-15(7-12)20-9-19-14/h2-7,9H,8H2,1H3,(H,18,21)(H,19,20). The number of H-pyrrole nitrogens is 1. The van der Waals surface area contributed by atoms with Gasteiger partial charge in [0.05, 0.1) is 17.4 Å². The fourth-order valence-corrected chi connectivity index (χ4v) is 2.11. The van der Waals surface area contributed by atoms with Crippen molar-refractivity contribution in [1.82, 2.24) is 15.3 Å². The van der Waals surface area contributed by atoms with Crippen molar-refractivity contribution in [1.29, 1.82) is 0 Å². The zero-order valence-corrected chi connectivity index (χ0v) is 11.5. The molecule has 0 atom stereocenters. The molecule has 0 saturated heterocycles. The lowest BCUT2D eigenvalue weighted by Gasteiger charge is -2.06. The molecule has 0 spiro atoms. The van der Waals surface area contributed by atoms with Gasteiger partial charge < -0.3 is 10.3 Å². The molecular formula is C16H14FN3O. The molecule has 5 heteroatoms. The molecule has 0 fully saturated rings. The molecule has 0 unspecified atom stereocenters. The Bertz CT molecular complexity index is 810. The minimum absolute atomic E-state index is 0.201. The minimum Gasteiger partial charge on any atom is -0.348 e. The number of aromatic amines is 1. The zero-order chi connectivity index (χ0) is 14.8. The summed E-state index contributed by atoms with van der Waals surface area (Å²) in [6, 6.07) is 10.2. The fraction of sp³-hybridized carbons (Fsp3) is 0.125. The molecule has 0 bridgehead atoms. The molecule has 3 aromatic rings. The van der Waals surface area contributed by atoms with E-state index in [1.165, 1.54) is 6.07 Å². The number of rotatable bonds is 3. The van der Waals surface area contributed by atoms with Gasteiger partial charge in [-0.05, 0) is 42.3 Å². The van der Waals surface area contributed by atoms with Crippen molar-refractivity contribution in [2.45, 2.75) is 13.5 Å². The highest BCUT2D eigenvalue weighted by molar-refractivity contribution is 5.97. The first-order valence-electron chi connectivity index (χ1n) is 6.60. The number of nitrogens with zero attached hydrogens (tertiary/aromatic N) is 1. The van der Waals surface area contributed by atoms with E-state index in [-0.39, 0.29) is 18.3 Å². The molecule has 0 saturated carbocycles. The lowest BCUT2D eigenvalue weighted by Crippen LogP contribution is -2.22. The van der Waals surface area contributed by atoms with Gasteiger partial charge in [0.25, 0.3) is 5.91 Å². The number of carbonyl (C=O) groups is 1. The highest BCUT2D eigenvalue weighted by Gasteiger charge is 2.07. The highest BCUT2D eigenvalue weighted by atomic mass is 19.1. The molecule has 0 aliphatic carbocycles. The Hall–Kier alpha value is -2.69. The summed E-state index contributed by atoms with van der Waals surface area (Å²) in [6.07, 6.45) is 1.58. The van der Waals surface area contributed by atoms with E-state index in [0.29, 0.717) is 11.1 Å². The molecule has 0 aliphatic rings. The summed E-state index contributed by atoms with van der Waals surface area (Å²) in [7, 11) is 0. The quantitative estimate of drug-likeness (QED) is 0.776. The molecule has 3 rings (SSSR count). The Labute approximate surface area is 121 Å². The number of hydrogen-bond donors (Lipinski definition) is 2. The summed E-state index contributed by atoms with van der Waals surface area (Å²) >= 11 is 0. The van der Waals surface area contributed by atoms with E-state index in [4.69, 9.17) is 0 Å². The Morgan fingerprint density at radius 2 is 2.14 bits per heavy atom. The molecule has 2 aromatic carbocycles. The van der Waals surface area contributed by atoms with E-state index in [1.807, 2.05) is 0 Å². The second-order valence-corrected chi connectivity index (χ2v) is 4.90. The molecular weight excluding hydrogens is 269 g/mol. The highest BCUT2D eigenvalue weighted by Crippen LogP contribution is 2.12.